The van der Waals surface area contributed by atoms with Gasteiger partial charge in [-0.05, 0) is 86.5 Å². The Bertz CT molecular complexity index is 3350. The van der Waals surface area contributed by atoms with Crippen molar-refractivity contribution < 1.29 is 0 Å². The predicted octanol–water partition coefficient (Wildman–Crippen LogP) is 17.5. The van der Waals surface area contributed by atoms with E-state index in [4.69, 9.17) is 0 Å². The van der Waals surface area contributed by atoms with Gasteiger partial charge in [-0.2, -0.15) is 0 Å². The lowest BCUT2D eigenvalue weighted by Gasteiger charge is -2.30. The Kier molecular flexibility index (Phi) is 9.82. The number of benzene rings is 10. The van der Waals surface area contributed by atoms with Crippen LogP contribution in [0.4, 0.5) is 17.1 Å². The molecule has 0 spiro atoms. The fraction of sp³-hybridized carbons (Fsp3) is 0. The zero-order valence-electron chi connectivity index (χ0n) is 34.0. The van der Waals surface area contributed by atoms with E-state index in [9.17, 15) is 0 Å². The van der Waals surface area contributed by atoms with Gasteiger partial charge in [-0.25, -0.2) is 0 Å². The molecule has 0 saturated carbocycles. The minimum atomic E-state index is 1.08. The number of fused-ring (bicyclic) bond motifs is 3. The first-order chi connectivity index (χ1) is 30.8. The molecule has 0 aliphatic rings. The van der Waals surface area contributed by atoms with Crippen LogP contribution in [-0.4, -0.2) is 0 Å². The third-order valence-corrected chi connectivity index (χ3v) is 13.2. The molecule has 1 heterocycles. The minimum absolute atomic E-state index is 1.08. The summed E-state index contributed by atoms with van der Waals surface area (Å²) in [7, 11) is 0. The summed E-state index contributed by atoms with van der Waals surface area (Å²) >= 11 is 1.87. The molecule has 0 fully saturated rings. The first-order valence-corrected chi connectivity index (χ1v) is 22.0. The molecule has 0 aliphatic heterocycles. The Morgan fingerprint density at radius 2 is 0.677 bits per heavy atom. The lowest BCUT2D eigenvalue weighted by atomic mass is 9.88. The SMILES string of the molecule is c1ccc(-c2cccc(-c3ccc(N(c4ccccc4-c4ccccc4-c4ccccc4-c4ccccc4)c4ccccc4-c4cccc5c4sc4ccccc45)cc3)c2)cc1. The average molecular weight is 808 g/mol. The Hall–Kier alpha value is -7.78. The minimum Gasteiger partial charge on any atom is -0.309 e. The van der Waals surface area contributed by atoms with Gasteiger partial charge in [0.05, 0.1) is 11.4 Å². The third kappa shape index (κ3) is 6.87. The third-order valence-electron chi connectivity index (χ3n) is 11.9. The molecule has 0 saturated heterocycles. The van der Waals surface area contributed by atoms with Crippen molar-refractivity contribution in [3.63, 3.8) is 0 Å². The second kappa shape index (κ2) is 16.3. The van der Waals surface area contributed by atoms with Crippen molar-refractivity contribution in [1.29, 1.82) is 0 Å². The molecule has 2 heteroatoms. The Labute approximate surface area is 367 Å². The summed E-state index contributed by atoms with van der Waals surface area (Å²) in [6.45, 7) is 0. The molecule has 0 amide bonds. The van der Waals surface area contributed by atoms with E-state index in [1.165, 1.54) is 81.4 Å². The van der Waals surface area contributed by atoms with Crippen LogP contribution in [0.15, 0.2) is 249 Å². The highest BCUT2D eigenvalue weighted by molar-refractivity contribution is 7.26. The molecular formula is C60H41NS. The molecule has 10 aromatic carbocycles. The number of nitrogens with zero attached hydrogens (tertiary/aromatic N) is 1. The topological polar surface area (TPSA) is 3.24 Å². The second-order valence-electron chi connectivity index (χ2n) is 15.6. The van der Waals surface area contributed by atoms with Gasteiger partial charge in [0.25, 0.3) is 0 Å². The van der Waals surface area contributed by atoms with Crippen LogP contribution in [0.1, 0.15) is 0 Å². The van der Waals surface area contributed by atoms with E-state index in [0.29, 0.717) is 0 Å². The summed E-state index contributed by atoms with van der Waals surface area (Å²) in [6, 6.07) is 90.3. The molecule has 11 aromatic rings. The summed E-state index contributed by atoms with van der Waals surface area (Å²) in [6.07, 6.45) is 0. The normalized spacial score (nSPS) is 11.2. The van der Waals surface area contributed by atoms with E-state index in [2.05, 4.69) is 254 Å². The Morgan fingerprint density at radius 3 is 1.34 bits per heavy atom. The van der Waals surface area contributed by atoms with Gasteiger partial charge in [-0.15, -0.1) is 11.3 Å². The second-order valence-corrected chi connectivity index (χ2v) is 16.7. The summed E-state index contributed by atoms with van der Waals surface area (Å²) in [5.41, 5.74) is 17.6. The van der Waals surface area contributed by atoms with Crippen LogP contribution in [0.3, 0.4) is 0 Å². The maximum Gasteiger partial charge on any atom is 0.0540 e. The molecule has 0 N–H and O–H groups in total. The van der Waals surface area contributed by atoms with E-state index < -0.39 is 0 Å². The molecule has 292 valence electrons. The van der Waals surface area contributed by atoms with Crippen LogP contribution in [0.2, 0.25) is 0 Å². The van der Waals surface area contributed by atoms with Crippen LogP contribution in [0, 0.1) is 0 Å². The molecule has 1 aromatic heterocycles. The quantitative estimate of drug-likeness (QED) is 0.140. The lowest BCUT2D eigenvalue weighted by Crippen LogP contribution is -2.12. The molecule has 0 aliphatic carbocycles. The number of hydrogen-bond donors (Lipinski definition) is 0. The van der Waals surface area contributed by atoms with Gasteiger partial charge < -0.3 is 4.90 Å². The van der Waals surface area contributed by atoms with Gasteiger partial charge >= 0.3 is 0 Å². The highest BCUT2D eigenvalue weighted by Gasteiger charge is 2.23. The Morgan fingerprint density at radius 1 is 0.258 bits per heavy atom. The van der Waals surface area contributed by atoms with E-state index in [-0.39, 0.29) is 0 Å². The predicted molar refractivity (Wildman–Crippen MR) is 267 cm³/mol. The van der Waals surface area contributed by atoms with Gasteiger partial charge in [0.1, 0.15) is 0 Å². The summed E-state index contributed by atoms with van der Waals surface area (Å²) in [4.78, 5) is 2.47. The molecule has 11 rings (SSSR count). The summed E-state index contributed by atoms with van der Waals surface area (Å²) in [5.74, 6) is 0. The van der Waals surface area contributed by atoms with Crippen molar-refractivity contribution in [2.24, 2.45) is 0 Å². The van der Waals surface area contributed by atoms with E-state index in [0.717, 1.165) is 22.6 Å². The van der Waals surface area contributed by atoms with Crippen molar-refractivity contribution in [2.45, 2.75) is 0 Å². The zero-order valence-corrected chi connectivity index (χ0v) is 34.8. The molecule has 1 nitrogen and oxygen atoms in total. The fourth-order valence-corrected chi connectivity index (χ4v) is 10.2. The fourth-order valence-electron chi connectivity index (χ4n) is 9.01. The van der Waals surface area contributed by atoms with Gasteiger partial charge in [0, 0.05) is 42.6 Å². The Balaban J connectivity index is 1.11. The van der Waals surface area contributed by atoms with Crippen LogP contribution >= 0.6 is 11.3 Å². The number of thiophene rings is 1. The largest absolute Gasteiger partial charge is 0.309 e. The smallest absolute Gasteiger partial charge is 0.0540 e. The zero-order chi connectivity index (χ0) is 41.2. The van der Waals surface area contributed by atoms with Crippen LogP contribution in [0.5, 0.6) is 0 Å². The molecular weight excluding hydrogens is 767 g/mol. The first-order valence-electron chi connectivity index (χ1n) is 21.2. The summed E-state index contributed by atoms with van der Waals surface area (Å²) in [5, 5.41) is 2.59. The van der Waals surface area contributed by atoms with Crippen molar-refractivity contribution in [2.75, 3.05) is 4.90 Å². The average Bonchev–Trinajstić information content (AvgIpc) is 3.74. The number of anilines is 3. The van der Waals surface area contributed by atoms with Gasteiger partial charge in [-0.1, -0.05) is 212 Å². The monoisotopic (exact) mass is 807 g/mol. The van der Waals surface area contributed by atoms with E-state index >= 15 is 0 Å². The maximum absolute atomic E-state index is 2.47. The number of rotatable bonds is 9. The first kappa shape index (κ1) is 37.2. The molecule has 0 bridgehead atoms. The van der Waals surface area contributed by atoms with Gasteiger partial charge in [0.2, 0.25) is 0 Å². The van der Waals surface area contributed by atoms with Crippen molar-refractivity contribution in [3.05, 3.63) is 249 Å². The van der Waals surface area contributed by atoms with Crippen molar-refractivity contribution in [3.8, 4) is 66.8 Å². The number of hydrogen-bond acceptors (Lipinski definition) is 2. The van der Waals surface area contributed by atoms with Gasteiger partial charge in [-0.3, -0.25) is 0 Å². The maximum atomic E-state index is 2.47. The molecule has 0 unspecified atom stereocenters. The van der Waals surface area contributed by atoms with Crippen molar-refractivity contribution in [1.82, 2.24) is 0 Å². The van der Waals surface area contributed by atoms with Gasteiger partial charge in [0.15, 0.2) is 0 Å². The number of para-hydroxylation sites is 2. The highest BCUT2D eigenvalue weighted by Crippen LogP contribution is 2.49. The van der Waals surface area contributed by atoms with Crippen LogP contribution < -0.4 is 4.90 Å². The molecule has 0 radical (unpaired) electrons. The van der Waals surface area contributed by atoms with E-state index in [1.54, 1.807) is 0 Å². The van der Waals surface area contributed by atoms with Crippen LogP contribution in [0.25, 0.3) is 86.9 Å². The molecule has 62 heavy (non-hydrogen) atoms. The highest BCUT2D eigenvalue weighted by atomic mass is 32.1. The van der Waals surface area contributed by atoms with Crippen LogP contribution in [-0.2, 0) is 0 Å². The lowest BCUT2D eigenvalue weighted by molar-refractivity contribution is 1.28. The van der Waals surface area contributed by atoms with Crippen molar-refractivity contribution >= 4 is 48.6 Å². The standard InChI is InChI=1S/C60H41NS/c1-3-19-42(20-4-1)45-23-17-24-46(41-45)43-37-39-47(40-38-43)61(58-35-15-12-30-53(58)55-32-18-33-56-54-31-13-16-36-59(54)62-60(55)56)57-34-14-11-29-52(57)51-28-10-9-27-50(51)49-26-8-7-25-48(49)44-21-5-2-6-22-44/h1-41H. The van der Waals surface area contributed by atoms with E-state index in [1.807, 2.05) is 11.3 Å². The summed E-state index contributed by atoms with van der Waals surface area (Å²) < 4.78 is 2.60. The molecule has 0 atom stereocenters.